The first-order valence-corrected chi connectivity index (χ1v) is 20.6. The minimum absolute atomic E-state index is 0.00803. The number of methoxy groups -OCH3 is 1. The summed E-state index contributed by atoms with van der Waals surface area (Å²) < 4.78 is 37.6. The number of esters is 2. The zero-order valence-electron chi connectivity index (χ0n) is 33.6. The molecule has 1 fully saturated rings. The number of phenolic OH excluding ortho intramolecular Hbond substituents is 1. The second-order valence-corrected chi connectivity index (χ2v) is 17.2. The largest absolute Gasteiger partial charge is 0.504 e. The van der Waals surface area contributed by atoms with Gasteiger partial charge in [0.25, 0.3) is 0 Å². The third-order valence-electron chi connectivity index (χ3n) is 12.5. The fourth-order valence-electron chi connectivity index (χ4n) is 10.3. The van der Waals surface area contributed by atoms with Gasteiger partial charge in [-0.3, -0.25) is 15.0 Å². The highest BCUT2D eigenvalue weighted by Crippen LogP contribution is 2.63. The Hall–Kier alpha value is -4.98. The average molecular weight is 810 g/mol. The number of hydrogen-bond donors (Lipinski definition) is 3. The van der Waals surface area contributed by atoms with Crippen LogP contribution < -0.4 is 29.6 Å². The van der Waals surface area contributed by atoms with Crippen LogP contribution in [0.4, 0.5) is 0 Å². The van der Waals surface area contributed by atoms with E-state index >= 15 is 4.79 Å². The highest BCUT2D eigenvalue weighted by Gasteiger charge is 2.59. The van der Waals surface area contributed by atoms with Gasteiger partial charge in [0.1, 0.15) is 29.7 Å². The Bertz CT molecular complexity index is 2410. The van der Waals surface area contributed by atoms with E-state index < -0.39 is 46.9 Å². The molecule has 10 rings (SSSR count). The lowest BCUT2D eigenvalue weighted by Gasteiger charge is -2.53. The average Bonchev–Trinajstić information content (AvgIpc) is 3.80. The number of likely N-dealkylation sites (N-methyl/N-ethyl adjacent to an activating group) is 2. The minimum Gasteiger partial charge on any atom is -0.504 e. The lowest BCUT2D eigenvalue weighted by Crippen LogP contribution is -2.63. The molecule has 7 atom stereocenters. The van der Waals surface area contributed by atoms with Crippen LogP contribution in [0, 0.1) is 25.2 Å². The fraction of sp³-hybridized carbons (Fsp3) is 0.465. The van der Waals surface area contributed by atoms with Crippen molar-refractivity contribution in [3.05, 3.63) is 75.0 Å². The molecule has 0 aliphatic carbocycles. The molecule has 6 aliphatic heterocycles. The summed E-state index contributed by atoms with van der Waals surface area (Å²) in [6, 6.07) is 9.61. The SMILES string of the molecule is CNC[C@H]1Cc2c(oc3ccccc23)[C@@]2(CS[C@@H]3c4c(OC(C)=O)c(C)c5c(c4[C@H](COC2=O)N2[C@@H]3[C@@H](N(C)C)c3c(cc(C)c(OC)c3O)C[C@@H]2C#N)OCO5)N1. The summed E-state index contributed by atoms with van der Waals surface area (Å²) in [6.45, 7) is 5.42. The predicted octanol–water partition coefficient (Wildman–Crippen LogP) is 4.85. The molecule has 0 saturated carbocycles. The molecule has 3 N–H and O–H groups in total. The van der Waals surface area contributed by atoms with Crippen LogP contribution in [0.1, 0.15) is 69.0 Å². The van der Waals surface area contributed by atoms with Crippen molar-refractivity contribution in [2.45, 2.75) is 74.6 Å². The number of para-hydroxylation sites is 1. The van der Waals surface area contributed by atoms with Gasteiger partial charge >= 0.3 is 11.9 Å². The molecule has 1 spiro atoms. The molecule has 0 radical (unpaired) electrons. The molecule has 14 nitrogen and oxygen atoms in total. The van der Waals surface area contributed by atoms with Crippen molar-refractivity contribution in [3.63, 3.8) is 0 Å². The second-order valence-electron chi connectivity index (χ2n) is 16.0. The summed E-state index contributed by atoms with van der Waals surface area (Å²) in [5, 5.41) is 30.7. The van der Waals surface area contributed by atoms with Crippen LogP contribution in [0.2, 0.25) is 0 Å². The topological polar surface area (TPSA) is 168 Å². The van der Waals surface area contributed by atoms with E-state index in [9.17, 15) is 15.2 Å². The van der Waals surface area contributed by atoms with Gasteiger partial charge in [-0.05, 0) is 58.6 Å². The van der Waals surface area contributed by atoms with Gasteiger partial charge in [0.2, 0.25) is 6.79 Å². The van der Waals surface area contributed by atoms with E-state index in [2.05, 4.69) is 26.5 Å². The monoisotopic (exact) mass is 809 g/mol. The number of nitriles is 1. The van der Waals surface area contributed by atoms with Gasteiger partial charge in [0.05, 0.1) is 30.5 Å². The first-order valence-electron chi connectivity index (χ1n) is 19.5. The number of benzene rings is 3. The number of phenols is 1. The van der Waals surface area contributed by atoms with Gasteiger partial charge < -0.3 is 43.4 Å². The number of hydrogen-bond acceptors (Lipinski definition) is 15. The van der Waals surface area contributed by atoms with Crippen molar-refractivity contribution in [1.29, 1.82) is 5.26 Å². The van der Waals surface area contributed by atoms with Crippen molar-refractivity contribution in [2.24, 2.45) is 0 Å². The Labute approximate surface area is 340 Å². The van der Waals surface area contributed by atoms with Gasteiger partial charge in [-0.2, -0.15) is 5.26 Å². The van der Waals surface area contributed by atoms with Crippen molar-refractivity contribution < 1.29 is 42.8 Å². The highest BCUT2D eigenvalue weighted by molar-refractivity contribution is 7.99. The number of nitrogens with one attached hydrogen (secondary N) is 2. The first-order chi connectivity index (χ1) is 27.9. The second kappa shape index (κ2) is 14.4. The lowest BCUT2D eigenvalue weighted by atomic mass is 9.80. The van der Waals surface area contributed by atoms with E-state index in [0.717, 1.165) is 22.1 Å². The fourth-order valence-corrected chi connectivity index (χ4v) is 12.0. The lowest BCUT2D eigenvalue weighted by molar-refractivity contribution is -0.156. The maximum atomic E-state index is 15.1. The van der Waals surface area contributed by atoms with Gasteiger partial charge in [0.15, 0.2) is 28.5 Å². The molecule has 0 amide bonds. The molecule has 2 bridgehead atoms. The summed E-state index contributed by atoms with van der Waals surface area (Å²) in [5.74, 6) is 1.25. The van der Waals surface area contributed by atoms with Crippen molar-refractivity contribution >= 4 is 34.7 Å². The Morgan fingerprint density at radius 3 is 2.64 bits per heavy atom. The van der Waals surface area contributed by atoms with Crippen LogP contribution in [-0.2, 0) is 32.7 Å². The van der Waals surface area contributed by atoms with E-state index in [1.807, 2.05) is 65.3 Å². The molecule has 7 heterocycles. The maximum absolute atomic E-state index is 15.1. The number of nitrogens with zero attached hydrogens (tertiary/aromatic N) is 3. The van der Waals surface area contributed by atoms with E-state index in [0.29, 0.717) is 69.6 Å². The van der Waals surface area contributed by atoms with Crippen molar-refractivity contribution in [3.8, 4) is 34.8 Å². The molecule has 4 aromatic rings. The van der Waals surface area contributed by atoms with Gasteiger partial charge in [-0.25, -0.2) is 4.79 Å². The van der Waals surface area contributed by atoms with Crippen LogP contribution in [0.5, 0.6) is 28.7 Å². The number of aromatic hydroxyl groups is 1. The van der Waals surface area contributed by atoms with Crippen LogP contribution in [0.15, 0.2) is 34.7 Å². The zero-order chi connectivity index (χ0) is 40.8. The molecule has 58 heavy (non-hydrogen) atoms. The molecule has 0 unspecified atom stereocenters. The number of aryl methyl sites for hydroxylation is 1. The molecule has 1 aromatic heterocycles. The van der Waals surface area contributed by atoms with Gasteiger partial charge in [-0.1, -0.05) is 24.3 Å². The third-order valence-corrected chi connectivity index (χ3v) is 13.9. The summed E-state index contributed by atoms with van der Waals surface area (Å²) in [6.07, 6.45) is 0.894. The predicted molar refractivity (Wildman–Crippen MR) is 215 cm³/mol. The molecule has 15 heteroatoms. The van der Waals surface area contributed by atoms with Crippen LogP contribution in [0.25, 0.3) is 11.0 Å². The third kappa shape index (κ3) is 5.60. The maximum Gasteiger partial charge on any atom is 0.335 e. The summed E-state index contributed by atoms with van der Waals surface area (Å²) in [7, 11) is 7.32. The highest BCUT2D eigenvalue weighted by atomic mass is 32.2. The molecule has 3 aromatic carbocycles. The zero-order valence-corrected chi connectivity index (χ0v) is 34.4. The number of furan rings is 1. The van der Waals surface area contributed by atoms with Gasteiger partial charge in [-0.15, -0.1) is 11.8 Å². The number of carbonyl (C=O) groups is 2. The first kappa shape index (κ1) is 38.5. The molecule has 1 saturated heterocycles. The molecular weight excluding hydrogens is 763 g/mol. The molecular formula is C43H47N5O9S. The van der Waals surface area contributed by atoms with Crippen molar-refractivity contribution in [1.82, 2.24) is 20.4 Å². The number of carbonyl (C=O) groups excluding carboxylic acids is 2. The normalized spacial score (nSPS) is 27.3. The van der Waals surface area contributed by atoms with Gasteiger partial charge in [0, 0.05) is 70.9 Å². The Morgan fingerprint density at radius 1 is 1.14 bits per heavy atom. The van der Waals surface area contributed by atoms with Crippen LogP contribution >= 0.6 is 11.8 Å². The number of fused-ring (bicyclic) bond motifs is 8. The van der Waals surface area contributed by atoms with E-state index in [4.69, 9.17) is 28.1 Å². The van der Waals surface area contributed by atoms with E-state index in [1.165, 1.54) is 25.8 Å². The number of ether oxygens (including phenoxy) is 5. The Kier molecular flexibility index (Phi) is 9.56. The van der Waals surface area contributed by atoms with E-state index in [1.54, 1.807) is 0 Å². The number of thioether (sulfide) groups is 1. The summed E-state index contributed by atoms with van der Waals surface area (Å²) in [4.78, 5) is 32.4. The van der Waals surface area contributed by atoms with Crippen LogP contribution in [-0.4, -0.2) is 98.9 Å². The quantitative estimate of drug-likeness (QED) is 0.185. The Balaban J connectivity index is 1.34. The number of rotatable bonds is 5. The standard InChI is InChI=1S/C43H47N5O9S/c1-20-12-23-13-25(15-44)48-28-17-53-42(51)43(41-27(14-24(46-43)16-45-4)26-10-8-9-11-29(26)57-41)18-58-40(34(48)33(47(5)6)30(23)35(50)36(20)52-7)32-31(28)39-38(54-19-55-39)21(2)37(32)56-22(3)49/h8-12,24-25,28,33-34,40,45-46,50H,13-14,16-19H2,1-7H3/t24-,25-,28+,33+,34-,40-,43-/m1/s1. The Morgan fingerprint density at radius 2 is 1.91 bits per heavy atom. The molecule has 6 aliphatic rings. The van der Waals surface area contributed by atoms with Crippen molar-refractivity contribution in [2.75, 3.05) is 54.0 Å². The summed E-state index contributed by atoms with van der Waals surface area (Å²) >= 11 is 1.50. The smallest absolute Gasteiger partial charge is 0.335 e. The minimum atomic E-state index is -1.43. The summed E-state index contributed by atoms with van der Waals surface area (Å²) in [5.41, 5.74) is 4.32. The molecule has 304 valence electrons. The van der Waals surface area contributed by atoms with E-state index in [-0.39, 0.29) is 37.4 Å². The van der Waals surface area contributed by atoms with Crippen LogP contribution in [0.3, 0.4) is 0 Å².